The maximum Gasteiger partial charge on any atom is 0.256 e. The van der Waals surface area contributed by atoms with Gasteiger partial charge in [0.25, 0.3) is 5.91 Å². The van der Waals surface area contributed by atoms with Crippen molar-refractivity contribution in [2.75, 3.05) is 40.3 Å². The van der Waals surface area contributed by atoms with E-state index in [4.69, 9.17) is 4.74 Å². The molecule has 0 unspecified atom stereocenters. The van der Waals surface area contributed by atoms with Gasteiger partial charge in [0, 0.05) is 56.9 Å². The molecule has 3 heterocycles. The van der Waals surface area contributed by atoms with Crippen molar-refractivity contribution in [2.45, 2.75) is 19.5 Å². The number of piperazine rings is 1. The van der Waals surface area contributed by atoms with Gasteiger partial charge in [-0.2, -0.15) is 0 Å². The van der Waals surface area contributed by atoms with Gasteiger partial charge in [-0.25, -0.2) is 4.98 Å². The highest BCUT2D eigenvalue weighted by atomic mass is 16.5. The number of carbonyl (C=O) groups excluding carboxylic acids is 1. The van der Waals surface area contributed by atoms with Gasteiger partial charge in [-0.05, 0) is 47.5 Å². The first kappa shape index (κ1) is 25.9. The van der Waals surface area contributed by atoms with Crippen LogP contribution in [0.5, 0.6) is 5.75 Å². The number of benzene rings is 3. The van der Waals surface area contributed by atoms with E-state index in [0.29, 0.717) is 6.54 Å². The molecular weight excluding hydrogens is 498 g/mol. The molecule has 2 aromatic heterocycles. The summed E-state index contributed by atoms with van der Waals surface area (Å²) >= 11 is 0. The van der Waals surface area contributed by atoms with E-state index in [1.165, 1.54) is 10.9 Å². The lowest BCUT2D eigenvalue weighted by molar-refractivity contribution is 0.0665. The average Bonchev–Trinajstić information content (AvgIpc) is 3.63. The maximum absolute atomic E-state index is 13.9. The number of fused-ring (bicyclic) bond motifs is 1. The summed E-state index contributed by atoms with van der Waals surface area (Å²) in [7, 11) is 3.79. The van der Waals surface area contributed by atoms with Gasteiger partial charge < -0.3 is 23.7 Å². The number of hydrogen-bond donors (Lipinski definition) is 0. The van der Waals surface area contributed by atoms with Gasteiger partial charge in [0.15, 0.2) is 0 Å². The lowest BCUT2D eigenvalue weighted by Gasteiger charge is -2.32. The molecule has 0 N–H and O–H groups in total. The number of ether oxygens (including phenoxy) is 1. The van der Waals surface area contributed by atoms with Crippen LogP contribution in [-0.4, -0.2) is 70.2 Å². The molecule has 1 fully saturated rings. The fraction of sp³-hybridized carbons (Fsp3) is 0.273. The second-order valence-electron chi connectivity index (χ2n) is 10.6. The zero-order valence-corrected chi connectivity index (χ0v) is 23.2. The molecule has 0 spiro atoms. The zero-order valence-electron chi connectivity index (χ0n) is 23.2. The number of nitrogens with zero attached hydrogens (tertiary/aromatic N) is 5. The second kappa shape index (κ2) is 11.4. The number of amides is 1. The van der Waals surface area contributed by atoms with Gasteiger partial charge in [-0.3, -0.25) is 4.79 Å². The molecule has 3 aromatic carbocycles. The number of hydrogen-bond acceptors (Lipinski definition) is 4. The summed E-state index contributed by atoms with van der Waals surface area (Å²) in [6.07, 6.45) is 8.87. The van der Waals surface area contributed by atoms with E-state index in [0.717, 1.165) is 72.7 Å². The van der Waals surface area contributed by atoms with E-state index in [-0.39, 0.29) is 5.91 Å². The van der Waals surface area contributed by atoms with Crippen LogP contribution in [0.15, 0.2) is 91.6 Å². The topological polar surface area (TPSA) is 55.5 Å². The van der Waals surface area contributed by atoms with E-state index >= 15 is 0 Å². The quantitative estimate of drug-likeness (QED) is 0.275. The number of likely N-dealkylation sites (N-methyl/N-ethyl adjacent to an activating group) is 1. The summed E-state index contributed by atoms with van der Waals surface area (Å²) in [4.78, 5) is 22.6. The van der Waals surface area contributed by atoms with E-state index in [1.54, 1.807) is 7.11 Å². The summed E-state index contributed by atoms with van der Waals surface area (Å²) in [6.45, 7) is 4.73. The van der Waals surface area contributed by atoms with Crippen LogP contribution in [0.2, 0.25) is 0 Å². The molecular formula is C33H35N5O2. The summed E-state index contributed by atoms with van der Waals surface area (Å²) in [5.41, 5.74) is 5.17. The monoisotopic (exact) mass is 533 g/mol. The van der Waals surface area contributed by atoms with Crippen molar-refractivity contribution >= 4 is 16.7 Å². The van der Waals surface area contributed by atoms with E-state index < -0.39 is 0 Å². The molecule has 6 rings (SSSR count). The van der Waals surface area contributed by atoms with Crippen LogP contribution in [0.4, 0.5) is 0 Å². The smallest absolute Gasteiger partial charge is 0.256 e. The van der Waals surface area contributed by atoms with Crippen LogP contribution < -0.4 is 4.74 Å². The molecule has 1 saturated heterocycles. The standard InChI is InChI=1S/C33H35N5O2/c1-35-16-18-37(19-17-35)33(39)32-23-36(22-31(32)30-9-5-7-26-6-3-4-8-29(26)30)21-27-20-34-24-38(27)15-14-25-10-12-28(40-2)13-11-25/h3-13,20,22-24H,14-19,21H2,1-2H3. The van der Waals surface area contributed by atoms with Crippen LogP contribution in [0, 0.1) is 0 Å². The molecule has 0 aliphatic carbocycles. The largest absolute Gasteiger partial charge is 0.497 e. The van der Waals surface area contributed by atoms with Gasteiger partial charge >= 0.3 is 0 Å². The van der Waals surface area contributed by atoms with Gasteiger partial charge in [-0.1, -0.05) is 54.6 Å². The van der Waals surface area contributed by atoms with Crippen molar-refractivity contribution < 1.29 is 9.53 Å². The molecule has 0 radical (unpaired) electrons. The lowest BCUT2D eigenvalue weighted by atomic mass is 9.97. The maximum atomic E-state index is 13.9. The number of imidazole rings is 1. The highest BCUT2D eigenvalue weighted by molar-refractivity contribution is 6.06. The third kappa shape index (κ3) is 5.38. The molecule has 40 heavy (non-hydrogen) atoms. The van der Waals surface area contributed by atoms with Crippen LogP contribution >= 0.6 is 0 Å². The Bertz CT molecular complexity index is 1600. The SMILES string of the molecule is COc1ccc(CCn2cncc2Cn2cc(C(=O)N3CCN(C)CC3)c(-c3cccc4ccccc34)c2)cc1. The zero-order chi connectivity index (χ0) is 27.5. The predicted molar refractivity (Wildman–Crippen MR) is 159 cm³/mol. The molecule has 1 aliphatic heterocycles. The first-order chi connectivity index (χ1) is 19.6. The van der Waals surface area contributed by atoms with Crippen LogP contribution in [0.1, 0.15) is 21.6 Å². The highest BCUT2D eigenvalue weighted by Gasteiger charge is 2.25. The number of rotatable bonds is 8. The molecule has 0 saturated carbocycles. The second-order valence-corrected chi connectivity index (χ2v) is 10.6. The molecule has 204 valence electrons. The first-order valence-corrected chi connectivity index (χ1v) is 13.9. The van der Waals surface area contributed by atoms with E-state index in [1.807, 2.05) is 35.8 Å². The molecule has 7 nitrogen and oxygen atoms in total. The Labute approximate surface area is 235 Å². The van der Waals surface area contributed by atoms with Crippen molar-refractivity contribution in [1.82, 2.24) is 23.9 Å². The Morgan fingerprint density at radius 2 is 1.68 bits per heavy atom. The Balaban J connectivity index is 1.30. The van der Waals surface area contributed by atoms with Crippen molar-refractivity contribution in [3.8, 4) is 16.9 Å². The van der Waals surface area contributed by atoms with Gasteiger partial charge in [0.05, 0.1) is 31.2 Å². The lowest BCUT2D eigenvalue weighted by Crippen LogP contribution is -2.47. The van der Waals surface area contributed by atoms with Crippen molar-refractivity contribution in [2.24, 2.45) is 0 Å². The molecule has 7 heteroatoms. The summed E-state index contributed by atoms with van der Waals surface area (Å²) < 4.78 is 9.62. The Morgan fingerprint density at radius 3 is 2.48 bits per heavy atom. The molecule has 0 atom stereocenters. The summed E-state index contributed by atoms with van der Waals surface area (Å²) in [5.74, 6) is 0.964. The molecule has 1 aliphatic rings. The summed E-state index contributed by atoms with van der Waals surface area (Å²) in [5, 5.41) is 2.32. The van der Waals surface area contributed by atoms with Crippen LogP contribution in [0.3, 0.4) is 0 Å². The number of aromatic nitrogens is 3. The molecule has 1 amide bonds. The summed E-state index contributed by atoms with van der Waals surface area (Å²) in [6, 6.07) is 22.9. The van der Waals surface area contributed by atoms with Crippen molar-refractivity contribution in [3.63, 3.8) is 0 Å². The van der Waals surface area contributed by atoms with Gasteiger partial charge in [-0.15, -0.1) is 0 Å². The third-order valence-corrected chi connectivity index (χ3v) is 7.92. The van der Waals surface area contributed by atoms with Crippen LogP contribution in [-0.2, 0) is 19.5 Å². The normalized spacial score (nSPS) is 14.1. The first-order valence-electron chi connectivity index (χ1n) is 13.9. The average molecular weight is 534 g/mol. The fourth-order valence-electron chi connectivity index (χ4n) is 5.53. The minimum Gasteiger partial charge on any atom is -0.497 e. The number of aryl methyl sites for hydroxylation is 2. The fourth-order valence-corrected chi connectivity index (χ4v) is 5.53. The third-order valence-electron chi connectivity index (χ3n) is 7.92. The Morgan fingerprint density at radius 1 is 0.900 bits per heavy atom. The van der Waals surface area contributed by atoms with Crippen LogP contribution in [0.25, 0.3) is 21.9 Å². The minimum absolute atomic E-state index is 0.0998. The number of methoxy groups -OCH3 is 1. The Hall–Kier alpha value is -4.36. The highest BCUT2D eigenvalue weighted by Crippen LogP contribution is 2.33. The minimum atomic E-state index is 0.0998. The molecule has 0 bridgehead atoms. The van der Waals surface area contributed by atoms with E-state index in [9.17, 15) is 4.79 Å². The van der Waals surface area contributed by atoms with Crippen molar-refractivity contribution in [1.29, 1.82) is 0 Å². The van der Waals surface area contributed by atoms with Crippen molar-refractivity contribution in [3.05, 3.63) is 108 Å². The Kier molecular flexibility index (Phi) is 7.38. The van der Waals surface area contributed by atoms with Gasteiger partial charge in [0.1, 0.15) is 5.75 Å². The van der Waals surface area contributed by atoms with Gasteiger partial charge in [0.2, 0.25) is 0 Å². The van der Waals surface area contributed by atoms with E-state index in [2.05, 4.69) is 86.9 Å². The number of carbonyl (C=O) groups is 1. The molecule has 5 aromatic rings. The predicted octanol–water partition coefficient (Wildman–Crippen LogP) is 5.19.